The van der Waals surface area contributed by atoms with Gasteiger partial charge in [0.2, 0.25) is 0 Å². The van der Waals surface area contributed by atoms with Crippen molar-refractivity contribution < 1.29 is 9.50 Å². The fourth-order valence-corrected chi connectivity index (χ4v) is 2.16. The van der Waals surface area contributed by atoms with E-state index in [-0.39, 0.29) is 12.4 Å². The molecule has 0 bridgehead atoms. The van der Waals surface area contributed by atoms with Crippen LogP contribution < -0.4 is 4.90 Å². The molecule has 0 unspecified atom stereocenters. The standard InChI is InChI=1S/C12H16FNO/c13-11-4-3-5-12(10(11)6-9-15)14-7-1-2-8-14/h3-5,15H,1-2,6-9H2. The third-order valence-corrected chi connectivity index (χ3v) is 2.90. The summed E-state index contributed by atoms with van der Waals surface area (Å²) in [4.78, 5) is 2.20. The Morgan fingerprint density at radius 3 is 2.67 bits per heavy atom. The summed E-state index contributed by atoms with van der Waals surface area (Å²) < 4.78 is 13.6. The molecule has 0 aliphatic carbocycles. The van der Waals surface area contributed by atoms with Crippen molar-refractivity contribution >= 4 is 5.69 Å². The zero-order valence-electron chi connectivity index (χ0n) is 8.75. The van der Waals surface area contributed by atoms with Gasteiger partial charge < -0.3 is 10.0 Å². The van der Waals surface area contributed by atoms with E-state index in [1.54, 1.807) is 6.07 Å². The van der Waals surface area contributed by atoms with Gasteiger partial charge in [0.1, 0.15) is 5.82 Å². The highest BCUT2D eigenvalue weighted by Crippen LogP contribution is 2.26. The fourth-order valence-electron chi connectivity index (χ4n) is 2.16. The van der Waals surface area contributed by atoms with E-state index in [4.69, 9.17) is 5.11 Å². The fraction of sp³-hybridized carbons (Fsp3) is 0.500. The van der Waals surface area contributed by atoms with Crippen LogP contribution in [-0.4, -0.2) is 24.8 Å². The molecule has 1 N–H and O–H groups in total. The maximum Gasteiger partial charge on any atom is 0.128 e. The van der Waals surface area contributed by atoms with Gasteiger partial charge in [-0.25, -0.2) is 4.39 Å². The van der Waals surface area contributed by atoms with Gasteiger partial charge in [0.25, 0.3) is 0 Å². The highest BCUT2D eigenvalue weighted by molar-refractivity contribution is 5.54. The summed E-state index contributed by atoms with van der Waals surface area (Å²) in [5.41, 5.74) is 1.61. The van der Waals surface area contributed by atoms with E-state index in [0.717, 1.165) is 18.8 Å². The molecule has 1 saturated heterocycles. The molecule has 82 valence electrons. The molecule has 0 spiro atoms. The van der Waals surface area contributed by atoms with Crippen LogP contribution in [0.2, 0.25) is 0 Å². The molecule has 2 rings (SSSR count). The molecule has 0 aromatic heterocycles. The Morgan fingerprint density at radius 2 is 2.00 bits per heavy atom. The van der Waals surface area contributed by atoms with E-state index in [0.29, 0.717) is 12.0 Å². The molecule has 2 nitrogen and oxygen atoms in total. The van der Waals surface area contributed by atoms with Crippen LogP contribution in [0.15, 0.2) is 18.2 Å². The molecule has 1 aliphatic heterocycles. The highest BCUT2D eigenvalue weighted by atomic mass is 19.1. The maximum absolute atomic E-state index is 13.6. The van der Waals surface area contributed by atoms with Crippen LogP contribution in [0.3, 0.4) is 0 Å². The number of halogens is 1. The summed E-state index contributed by atoms with van der Waals surface area (Å²) in [6.45, 7) is 2.01. The third-order valence-electron chi connectivity index (χ3n) is 2.90. The third kappa shape index (κ3) is 2.12. The van der Waals surface area contributed by atoms with Gasteiger partial charge >= 0.3 is 0 Å². The summed E-state index contributed by atoms with van der Waals surface area (Å²) in [6.07, 6.45) is 2.75. The predicted molar refractivity (Wildman–Crippen MR) is 58.6 cm³/mol. The van der Waals surface area contributed by atoms with Crippen LogP contribution in [0, 0.1) is 5.82 Å². The molecular weight excluding hydrogens is 193 g/mol. The van der Waals surface area contributed by atoms with Crippen molar-refractivity contribution in [2.45, 2.75) is 19.3 Å². The molecular formula is C12H16FNO. The van der Waals surface area contributed by atoms with Crippen molar-refractivity contribution in [3.63, 3.8) is 0 Å². The van der Waals surface area contributed by atoms with E-state index in [1.165, 1.54) is 18.9 Å². The van der Waals surface area contributed by atoms with Gasteiger partial charge in [0, 0.05) is 37.4 Å². The second-order valence-electron chi connectivity index (χ2n) is 3.91. The van der Waals surface area contributed by atoms with Crippen LogP contribution in [-0.2, 0) is 6.42 Å². The lowest BCUT2D eigenvalue weighted by molar-refractivity contribution is 0.298. The van der Waals surface area contributed by atoms with Crippen molar-refractivity contribution in [2.24, 2.45) is 0 Å². The molecule has 0 amide bonds. The Bertz CT molecular complexity index is 334. The predicted octanol–water partition coefficient (Wildman–Crippen LogP) is 1.96. The van der Waals surface area contributed by atoms with Crippen LogP contribution in [0.1, 0.15) is 18.4 Å². The summed E-state index contributed by atoms with van der Waals surface area (Å²) in [5, 5.41) is 8.93. The van der Waals surface area contributed by atoms with Gasteiger partial charge in [-0.3, -0.25) is 0 Å². The minimum absolute atomic E-state index is 0.00176. The van der Waals surface area contributed by atoms with Crippen LogP contribution in [0.4, 0.5) is 10.1 Å². The lowest BCUT2D eigenvalue weighted by Gasteiger charge is -2.21. The number of benzene rings is 1. The number of nitrogens with zero attached hydrogens (tertiary/aromatic N) is 1. The normalized spacial score (nSPS) is 16.0. The second-order valence-corrected chi connectivity index (χ2v) is 3.91. The molecule has 3 heteroatoms. The van der Waals surface area contributed by atoms with Gasteiger partial charge in [-0.1, -0.05) is 6.07 Å². The van der Waals surface area contributed by atoms with Gasteiger partial charge in [0.05, 0.1) is 0 Å². The zero-order chi connectivity index (χ0) is 10.7. The minimum atomic E-state index is -0.201. The summed E-state index contributed by atoms with van der Waals surface area (Å²) in [7, 11) is 0. The Morgan fingerprint density at radius 1 is 1.27 bits per heavy atom. The van der Waals surface area contributed by atoms with Crippen molar-refractivity contribution in [3.05, 3.63) is 29.6 Å². The topological polar surface area (TPSA) is 23.5 Å². The van der Waals surface area contributed by atoms with E-state index < -0.39 is 0 Å². The molecule has 0 atom stereocenters. The first-order chi connectivity index (χ1) is 7.33. The Labute approximate surface area is 89.3 Å². The summed E-state index contributed by atoms with van der Waals surface area (Å²) in [5.74, 6) is -0.201. The first-order valence-electron chi connectivity index (χ1n) is 5.46. The number of aliphatic hydroxyl groups is 1. The second kappa shape index (κ2) is 4.62. The lowest BCUT2D eigenvalue weighted by atomic mass is 10.1. The van der Waals surface area contributed by atoms with Gasteiger partial charge in [-0.15, -0.1) is 0 Å². The van der Waals surface area contributed by atoms with Crippen LogP contribution in [0.25, 0.3) is 0 Å². The summed E-state index contributed by atoms with van der Waals surface area (Å²) in [6, 6.07) is 5.15. The molecule has 0 saturated carbocycles. The number of rotatable bonds is 3. The van der Waals surface area contributed by atoms with Gasteiger partial charge in [-0.2, -0.15) is 0 Å². The van der Waals surface area contributed by atoms with E-state index in [1.807, 2.05) is 6.07 Å². The number of hydrogen-bond donors (Lipinski definition) is 1. The molecule has 1 aromatic carbocycles. The molecule has 1 aliphatic rings. The SMILES string of the molecule is OCCc1c(F)cccc1N1CCCC1. The molecule has 15 heavy (non-hydrogen) atoms. The van der Waals surface area contributed by atoms with Crippen molar-refractivity contribution in [3.8, 4) is 0 Å². The largest absolute Gasteiger partial charge is 0.396 e. The monoisotopic (exact) mass is 209 g/mol. The Balaban J connectivity index is 2.31. The zero-order valence-corrected chi connectivity index (χ0v) is 8.75. The number of aliphatic hydroxyl groups excluding tert-OH is 1. The first-order valence-corrected chi connectivity index (χ1v) is 5.46. The van der Waals surface area contributed by atoms with Crippen LogP contribution >= 0.6 is 0 Å². The van der Waals surface area contributed by atoms with Crippen LogP contribution in [0.5, 0.6) is 0 Å². The average Bonchev–Trinajstić information content (AvgIpc) is 2.74. The first kappa shape index (κ1) is 10.4. The maximum atomic E-state index is 13.6. The summed E-state index contributed by atoms with van der Waals surface area (Å²) >= 11 is 0. The molecule has 1 aromatic rings. The quantitative estimate of drug-likeness (QED) is 0.822. The molecule has 1 fully saturated rings. The molecule has 0 radical (unpaired) electrons. The van der Waals surface area contributed by atoms with Crippen molar-refractivity contribution in [2.75, 3.05) is 24.6 Å². The number of anilines is 1. The van der Waals surface area contributed by atoms with Crippen molar-refractivity contribution in [1.29, 1.82) is 0 Å². The van der Waals surface area contributed by atoms with E-state index in [9.17, 15) is 4.39 Å². The highest BCUT2D eigenvalue weighted by Gasteiger charge is 2.17. The average molecular weight is 209 g/mol. The lowest BCUT2D eigenvalue weighted by Crippen LogP contribution is -2.20. The van der Waals surface area contributed by atoms with E-state index in [2.05, 4.69) is 4.90 Å². The smallest absolute Gasteiger partial charge is 0.128 e. The van der Waals surface area contributed by atoms with Crippen molar-refractivity contribution in [1.82, 2.24) is 0 Å². The van der Waals surface area contributed by atoms with Gasteiger partial charge in [0.15, 0.2) is 0 Å². The van der Waals surface area contributed by atoms with Gasteiger partial charge in [-0.05, 0) is 25.0 Å². The minimum Gasteiger partial charge on any atom is -0.396 e. The Hall–Kier alpha value is -1.09. The molecule has 1 heterocycles. The Kier molecular flexibility index (Phi) is 3.21. The van der Waals surface area contributed by atoms with E-state index >= 15 is 0 Å². The number of hydrogen-bond acceptors (Lipinski definition) is 2.